The molecule has 0 aliphatic carbocycles. The summed E-state index contributed by atoms with van der Waals surface area (Å²) in [5.74, 6) is 1.85. The number of benzene rings is 1. The Morgan fingerprint density at radius 2 is 1.85 bits per heavy atom. The second-order valence-electron chi connectivity index (χ2n) is 5.83. The maximum absolute atomic E-state index is 12.5. The molecule has 0 bridgehead atoms. The number of Topliss-reactive ketones (excluding diaryl/α,β-unsaturated/α-hetero) is 1. The summed E-state index contributed by atoms with van der Waals surface area (Å²) in [5.41, 5.74) is 0.685. The predicted molar refractivity (Wildman–Crippen MR) is 74.4 cm³/mol. The van der Waals surface area contributed by atoms with Crippen molar-refractivity contribution in [1.82, 2.24) is 0 Å². The zero-order valence-corrected chi connectivity index (χ0v) is 11.9. The highest BCUT2D eigenvalue weighted by Crippen LogP contribution is 2.33. The summed E-state index contributed by atoms with van der Waals surface area (Å²) in [5, 5.41) is 0. The second kappa shape index (κ2) is 5.44. The van der Waals surface area contributed by atoms with Crippen LogP contribution in [0.1, 0.15) is 30.6 Å². The molecule has 4 heteroatoms. The van der Waals surface area contributed by atoms with Gasteiger partial charge in [0.2, 0.25) is 0 Å². The van der Waals surface area contributed by atoms with Crippen molar-refractivity contribution in [2.24, 2.45) is 11.8 Å². The Hall–Kier alpha value is -1.55. The lowest BCUT2D eigenvalue weighted by molar-refractivity contribution is 0.0877. The number of carbonyl (C=O) groups excluding carboxylic acids is 1. The molecule has 108 valence electrons. The Morgan fingerprint density at radius 3 is 2.55 bits per heavy atom. The van der Waals surface area contributed by atoms with Gasteiger partial charge in [0.25, 0.3) is 0 Å². The minimum atomic E-state index is -0.0336. The molecule has 3 atom stereocenters. The topological polar surface area (TPSA) is 44.8 Å². The Labute approximate surface area is 119 Å². The predicted octanol–water partition coefficient (Wildman–Crippen LogP) is 2.70. The number of hydrogen-bond donors (Lipinski definition) is 0. The molecule has 0 N–H and O–H groups in total. The van der Waals surface area contributed by atoms with Crippen LogP contribution in [0.2, 0.25) is 0 Å². The second-order valence-corrected chi connectivity index (χ2v) is 5.83. The molecule has 0 saturated carbocycles. The summed E-state index contributed by atoms with van der Waals surface area (Å²) in [6.07, 6.45) is 0.967. The Morgan fingerprint density at radius 1 is 1.10 bits per heavy atom. The quantitative estimate of drug-likeness (QED) is 0.779. The van der Waals surface area contributed by atoms with Gasteiger partial charge in [-0.15, -0.1) is 0 Å². The van der Waals surface area contributed by atoms with Gasteiger partial charge in [0.15, 0.2) is 17.3 Å². The van der Waals surface area contributed by atoms with E-state index < -0.39 is 0 Å². The third-order valence-corrected chi connectivity index (χ3v) is 3.84. The summed E-state index contributed by atoms with van der Waals surface area (Å²) in [6, 6.07) is 5.46. The molecule has 3 rings (SSSR count). The van der Waals surface area contributed by atoms with Crippen molar-refractivity contribution in [2.45, 2.75) is 26.4 Å². The van der Waals surface area contributed by atoms with Gasteiger partial charge in [0.05, 0.1) is 25.9 Å². The zero-order valence-electron chi connectivity index (χ0n) is 11.9. The van der Waals surface area contributed by atoms with Crippen molar-refractivity contribution in [2.75, 3.05) is 19.8 Å². The minimum Gasteiger partial charge on any atom is -0.489 e. The molecule has 0 amide bonds. The lowest BCUT2D eigenvalue weighted by Crippen LogP contribution is -2.15. The Kier molecular flexibility index (Phi) is 3.66. The van der Waals surface area contributed by atoms with Crippen molar-refractivity contribution < 1.29 is 19.0 Å². The van der Waals surface area contributed by atoms with Crippen LogP contribution in [0.4, 0.5) is 0 Å². The molecule has 2 aliphatic rings. The molecule has 2 heterocycles. The van der Waals surface area contributed by atoms with E-state index in [1.54, 1.807) is 6.07 Å². The summed E-state index contributed by atoms with van der Waals surface area (Å²) in [4.78, 5) is 12.5. The Bertz CT molecular complexity index is 511. The molecule has 0 aromatic heterocycles. The number of hydrogen-bond acceptors (Lipinski definition) is 4. The van der Waals surface area contributed by atoms with Crippen LogP contribution in [0.5, 0.6) is 11.5 Å². The average molecular weight is 276 g/mol. The van der Waals surface area contributed by atoms with E-state index in [0.29, 0.717) is 37.1 Å². The van der Waals surface area contributed by atoms with Crippen molar-refractivity contribution in [3.63, 3.8) is 0 Å². The first-order chi connectivity index (χ1) is 9.63. The van der Waals surface area contributed by atoms with Crippen molar-refractivity contribution in [1.29, 1.82) is 0 Å². The van der Waals surface area contributed by atoms with E-state index in [0.717, 1.165) is 12.2 Å². The normalized spacial score (nSPS) is 29.0. The fraction of sp³-hybridized carbons (Fsp3) is 0.562. The molecular formula is C16H20O4. The van der Waals surface area contributed by atoms with Crippen LogP contribution in [-0.4, -0.2) is 31.7 Å². The molecule has 3 unspecified atom stereocenters. The fourth-order valence-electron chi connectivity index (χ4n) is 2.64. The minimum absolute atomic E-state index is 0.0336. The van der Waals surface area contributed by atoms with Crippen LogP contribution < -0.4 is 9.47 Å². The van der Waals surface area contributed by atoms with Crippen molar-refractivity contribution >= 4 is 5.78 Å². The van der Waals surface area contributed by atoms with Gasteiger partial charge >= 0.3 is 0 Å². The third kappa shape index (κ3) is 2.66. The van der Waals surface area contributed by atoms with Gasteiger partial charge in [-0.1, -0.05) is 6.92 Å². The maximum atomic E-state index is 12.5. The van der Waals surface area contributed by atoms with Crippen LogP contribution in [0.15, 0.2) is 18.2 Å². The highest BCUT2D eigenvalue weighted by Gasteiger charge is 2.29. The van der Waals surface area contributed by atoms with Crippen LogP contribution >= 0.6 is 0 Å². The van der Waals surface area contributed by atoms with Crippen molar-refractivity contribution in [3.05, 3.63) is 23.8 Å². The van der Waals surface area contributed by atoms with E-state index in [2.05, 4.69) is 6.92 Å². The molecule has 4 nitrogen and oxygen atoms in total. The monoisotopic (exact) mass is 276 g/mol. The highest BCUT2D eigenvalue weighted by molar-refractivity contribution is 5.98. The van der Waals surface area contributed by atoms with E-state index in [4.69, 9.17) is 14.2 Å². The van der Waals surface area contributed by atoms with Crippen LogP contribution in [0.3, 0.4) is 0 Å². The number of ketones is 1. The van der Waals surface area contributed by atoms with Gasteiger partial charge in [-0.2, -0.15) is 0 Å². The standard InChI is InChI=1S/C16H20O4/c1-10-7-19-14-4-3-12(6-15(14)20-8-10)16(17)13-5-11(2)18-9-13/h3-4,6,10-11,13H,5,7-9H2,1-2H3. The largest absolute Gasteiger partial charge is 0.489 e. The highest BCUT2D eigenvalue weighted by atomic mass is 16.5. The number of ether oxygens (including phenoxy) is 3. The zero-order chi connectivity index (χ0) is 14.1. The number of rotatable bonds is 2. The first-order valence-electron chi connectivity index (χ1n) is 7.19. The fourth-order valence-corrected chi connectivity index (χ4v) is 2.64. The van der Waals surface area contributed by atoms with E-state index in [-0.39, 0.29) is 17.8 Å². The van der Waals surface area contributed by atoms with Gasteiger partial charge in [0.1, 0.15) is 0 Å². The number of carbonyl (C=O) groups is 1. The molecule has 1 aromatic carbocycles. The summed E-state index contributed by atoms with van der Waals surface area (Å²) in [7, 11) is 0. The third-order valence-electron chi connectivity index (χ3n) is 3.84. The molecule has 20 heavy (non-hydrogen) atoms. The number of fused-ring (bicyclic) bond motifs is 1. The maximum Gasteiger partial charge on any atom is 0.168 e. The van der Waals surface area contributed by atoms with Gasteiger partial charge in [-0.3, -0.25) is 4.79 Å². The molecule has 1 saturated heterocycles. The summed E-state index contributed by atoms with van der Waals surface area (Å²) < 4.78 is 16.9. The van der Waals surface area contributed by atoms with Crippen LogP contribution in [-0.2, 0) is 4.74 Å². The average Bonchev–Trinajstić information content (AvgIpc) is 2.80. The molecular weight excluding hydrogens is 256 g/mol. The smallest absolute Gasteiger partial charge is 0.168 e. The van der Waals surface area contributed by atoms with E-state index in [1.807, 2.05) is 19.1 Å². The van der Waals surface area contributed by atoms with Gasteiger partial charge in [-0.25, -0.2) is 0 Å². The van der Waals surface area contributed by atoms with E-state index in [1.165, 1.54) is 0 Å². The van der Waals surface area contributed by atoms with Gasteiger partial charge < -0.3 is 14.2 Å². The molecule has 1 aromatic rings. The van der Waals surface area contributed by atoms with Crippen molar-refractivity contribution in [3.8, 4) is 11.5 Å². The molecule has 2 aliphatic heterocycles. The SMILES string of the molecule is CC1COc2ccc(C(=O)C3COC(C)C3)cc2OC1. The molecule has 0 radical (unpaired) electrons. The first-order valence-corrected chi connectivity index (χ1v) is 7.19. The lowest BCUT2D eigenvalue weighted by Gasteiger charge is -2.11. The van der Waals surface area contributed by atoms with E-state index in [9.17, 15) is 4.79 Å². The van der Waals surface area contributed by atoms with Gasteiger partial charge in [0, 0.05) is 17.4 Å². The van der Waals surface area contributed by atoms with Crippen LogP contribution in [0, 0.1) is 11.8 Å². The van der Waals surface area contributed by atoms with E-state index >= 15 is 0 Å². The lowest BCUT2D eigenvalue weighted by atomic mass is 9.95. The summed E-state index contributed by atoms with van der Waals surface area (Å²) in [6.45, 7) is 5.87. The first kappa shape index (κ1) is 13.4. The van der Waals surface area contributed by atoms with Crippen LogP contribution in [0.25, 0.3) is 0 Å². The Balaban J connectivity index is 1.80. The molecule has 1 fully saturated rings. The molecule has 0 spiro atoms. The van der Waals surface area contributed by atoms with Gasteiger partial charge in [-0.05, 0) is 31.5 Å². The summed E-state index contributed by atoms with van der Waals surface area (Å²) >= 11 is 0.